The van der Waals surface area contributed by atoms with E-state index in [2.05, 4.69) is 26.1 Å². The van der Waals surface area contributed by atoms with Crippen LogP contribution in [0.15, 0.2) is 42.5 Å². The third kappa shape index (κ3) is 6.32. The van der Waals surface area contributed by atoms with Gasteiger partial charge in [0.15, 0.2) is 0 Å². The van der Waals surface area contributed by atoms with Crippen LogP contribution in [0.5, 0.6) is 0 Å². The van der Waals surface area contributed by atoms with Gasteiger partial charge in [0.25, 0.3) is 11.8 Å². The third-order valence-electron chi connectivity index (χ3n) is 5.72. The summed E-state index contributed by atoms with van der Waals surface area (Å²) in [6.07, 6.45) is 0.184. The largest absolute Gasteiger partial charge is 0.352 e. The van der Waals surface area contributed by atoms with Gasteiger partial charge in [-0.15, -0.1) is 0 Å². The summed E-state index contributed by atoms with van der Waals surface area (Å²) >= 11 is 5.99. The van der Waals surface area contributed by atoms with Gasteiger partial charge in [-0.25, -0.2) is 4.39 Å². The number of nitrogens with zero attached hydrogens (tertiary/aromatic N) is 2. The van der Waals surface area contributed by atoms with Gasteiger partial charge in [0.1, 0.15) is 5.82 Å². The van der Waals surface area contributed by atoms with Crippen molar-refractivity contribution in [1.29, 1.82) is 0 Å². The highest BCUT2D eigenvalue weighted by atomic mass is 35.5. The van der Waals surface area contributed by atoms with Crippen molar-refractivity contribution in [3.05, 3.63) is 70.0 Å². The lowest BCUT2D eigenvalue weighted by molar-refractivity contribution is -0.132. The quantitative estimate of drug-likeness (QED) is 0.716. The van der Waals surface area contributed by atoms with E-state index in [4.69, 9.17) is 11.6 Å². The number of carbonyl (C=O) groups excluding carboxylic acids is 3. The lowest BCUT2D eigenvalue weighted by Crippen LogP contribution is -2.51. The third-order valence-corrected chi connectivity index (χ3v) is 6.03. The van der Waals surface area contributed by atoms with Gasteiger partial charge in [0.05, 0.1) is 10.6 Å². The molecule has 3 amide bonds. The molecule has 0 unspecified atom stereocenters. The Balaban J connectivity index is 1.44. The summed E-state index contributed by atoms with van der Waals surface area (Å²) in [7, 11) is 0. The van der Waals surface area contributed by atoms with Gasteiger partial charge < -0.3 is 15.1 Å². The van der Waals surface area contributed by atoms with E-state index in [0.29, 0.717) is 31.7 Å². The predicted molar refractivity (Wildman–Crippen MR) is 126 cm³/mol. The Hall–Kier alpha value is -2.93. The van der Waals surface area contributed by atoms with Crippen LogP contribution in [0.1, 0.15) is 53.5 Å². The molecule has 6 nitrogen and oxygen atoms in total. The van der Waals surface area contributed by atoms with Gasteiger partial charge in [0, 0.05) is 44.7 Å². The first-order valence-electron chi connectivity index (χ1n) is 11.0. The maximum absolute atomic E-state index is 13.2. The van der Waals surface area contributed by atoms with Gasteiger partial charge in [-0.2, -0.15) is 0 Å². The van der Waals surface area contributed by atoms with Crippen molar-refractivity contribution < 1.29 is 18.8 Å². The van der Waals surface area contributed by atoms with Crippen LogP contribution < -0.4 is 5.32 Å². The molecule has 0 atom stereocenters. The second-order valence-electron chi connectivity index (χ2n) is 9.13. The summed E-state index contributed by atoms with van der Waals surface area (Å²) in [6.45, 7) is 8.10. The minimum Gasteiger partial charge on any atom is -0.352 e. The Morgan fingerprint density at radius 1 is 0.970 bits per heavy atom. The Morgan fingerprint density at radius 2 is 1.58 bits per heavy atom. The molecule has 2 aromatic rings. The van der Waals surface area contributed by atoms with Crippen molar-refractivity contribution in [2.24, 2.45) is 0 Å². The number of hydrogen-bond acceptors (Lipinski definition) is 3. The molecular formula is C25H29ClFN3O3. The summed E-state index contributed by atoms with van der Waals surface area (Å²) in [5.41, 5.74) is 1.97. The van der Waals surface area contributed by atoms with E-state index in [1.54, 1.807) is 21.9 Å². The summed E-state index contributed by atoms with van der Waals surface area (Å²) in [5, 5.41) is 2.86. The molecule has 0 aliphatic carbocycles. The fourth-order valence-corrected chi connectivity index (χ4v) is 3.91. The molecule has 1 heterocycles. The Kier molecular flexibility index (Phi) is 7.74. The van der Waals surface area contributed by atoms with Gasteiger partial charge in [-0.3, -0.25) is 14.4 Å². The number of nitrogens with one attached hydrogen (secondary N) is 1. The average molecular weight is 474 g/mol. The number of benzene rings is 2. The van der Waals surface area contributed by atoms with E-state index in [0.717, 1.165) is 11.6 Å². The molecule has 33 heavy (non-hydrogen) atoms. The van der Waals surface area contributed by atoms with Crippen LogP contribution in [0.3, 0.4) is 0 Å². The number of halogens is 2. The zero-order valence-corrected chi connectivity index (χ0v) is 19.9. The highest BCUT2D eigenvalue weighted by Gasteiger charge is 2.26. The van der Waals surface area contributed by atoms with Crippen LogP contribution in [0.25, 0.3) is 0 Å². The Bertz CT molecular complexity index is 1030. The van der Waals surface area contributed by atoms with Crippen molar-refractivity contribution in [3.63, 3.8) is 0 Å². The van der Waals surface area contributed by atoms with E-state index in [-0.39, 0.29) is 46.7 Å². The fraction of sp³-hybridized carbons (Fsp3) is 0.400. The maximum Gasteiger partial charge on any atom is 0.255 e. The minimum atomic E-state index is -0.499. The molecule has 1 N–H and O–H groups in total. The molecule has 1 saturated heterocycles. The molecular weight excluding hydrogens is 445 g/mol. The zero-order chi connectivity index (χ0) is 24.2. The lowest BCUT2D eigenvalue weighted by Gasteiger charge is -2.35. The molecule has 1 fully saturated rings. The van der Waals surface area contributed by atoms with Gasteiger partial charge >= 0.3 is 0 Å². The lowest BCUT2D eigenvalue weighted by atomic mass is 9.87. The van der Waals surface area contributed by atoms with Crippen LogP contribution in [0.2, 0.25) is 5.02 Å². The summed E-state index contributed by atoms with van der Waals surface area (Å²) in [6, 6.07) is 11.2. The number of rotatable bonds is 5. The standard InChI is InChI=1S/C25H29ClFN3O3/c1-25(2,3)18-6-4-17(5-7-18)23(32)28-11-10-22(31)29-12-14-30(15-13-29)24(33)20-9-8-19(27)16-21(20)26/h4-9,16H,10-15H2,1-3H3,(H,28,32). The minimum absolute atomic E-state index is 0.0152. The van der Waals surface area contributed by atoms with Crippen molar-refractivity contribution >= 4 is 29.3 Å². The van der Waals surface area contributed by atoms with Crippen LogP contribution in [0.4, 0.5) is 4.39 Å². The number of carbonyl (C=O) groups is 3. The van der Waals surface area contributed by atoms with Gasteiger partial charge in [-0.1, -0.05) is 44.5 Å². The Labute approximate surface area is 198 Å². The average Bonchev–Trinajstić information content (AvgIpc) is 2.78. The highest BCUT2D eigenvalue weighted by Crippen LogP contribution is 2.22. The maximum atomic E-state index is 13.2. The first-order chi connectivity index (χ1) is 15.6. The van der Waals surface area contributed by atoms with E-state index in [1.165, 1.54) is 12.1 Å². The molecule has 0 aromatic heterocycles. The van der Waals surface area contributed by atoms with Crippen LogP contribution >= 0.6 is 11.6 Å². The molecule has 1 aliphatic heterocycles. The molecule has 0 radical (unpaired) electrons. The topological polar surface area (TPSA) is 69.7 Å². The number of amides is 3. The first-order valence-corrected chi connectivity index (χ1v) is 11.3. The number of hydrogen-bond donors (Lipinski definition) is 1. The van der Waals surface area contributed by atoms with Crippen molar-refractivity contribution in [2.45, 2.75) is 32.6 Å². The van der Waals surface area contributed by atoms with Crippen molar-refractivity contribution in [3.8, 4) is 0 Å². The second kappa shape index (κ2) is 10.3. The predicted octanol–water partition coefficient (Wildman–Crippen LogP) is 3.88. The Morgan fingerprint density at radius 3 is 2.15 bits per heavy atom. The molecule has 1 aliphatic rings. The van der Waals surface area contributed by atoms with Crippen molar-refractivity contribution in [1.82, 2.24) is 15.1 Å². The normalized spacial score (nSPS) is 14.2. The number of piperazine rings is 1. The van der Waals surface area contributed by atoms with Crippen molar-refractivity contribution in [2.75, 3.05) is 32.7 Å². The molecule has 0 saturated carbocycles. The second-order valence-corrected chi connectivity index (χ2v) is 9.54. The van der Waals surface area contributed by atoms with Crippen LogP contribution in [-0.4, -0.2) is 60.2 Å². The first kappa shape index (κ1) is 24.7. The molecule has 2 aromatic carbocycles. The van der Waals surface area contributed by atoms with Crippen LogP contribution in [-0.2, 0) is 10.2 Å². The van der Waals surface area contributed by atoms with E-state index < -0.39 is 5.82 Å². The summed E-state index contributed by atoms with van der Waals surface area (Å²) < 4.78 is 13.2. The van der Waals surface area contributed by atoms with E-state index >= 15 is 0 Å². The molecule has 0 spiro atoms. The monoisotopic (exact) mass is 473 g/mol. The zero-order valence-electron chi connectivity index (χ0n) is 19.2. The van der Waals surface area contributed by atoms with Gasteiger partial charge in [-0.05, 0) is 41.3 Å². The van der Waals surface area contributed by atoms with E-state index in [9.17, 15) is 18.8 Å². The molecule has 3 rings (SSSR count). The van der Waals surface area contributed by atoms with Gasteiger partial charge in [0.2, 0.25) is 5.91 Å². The smallest absolute Gasteiger partial charge is 0.255 e. The molecule has 0 bridgehead atoms. The summed E-state index contributed by atoms with van der Waals surface area (Å²) in [4.78, 5) is 40.8. The van der Waals surface area contributed by atoms with Crippen LogP contribution in [0, 0.1) is 5.82 Å². The molecule has 8 heteroatoms. The summed E-state index contributed by atoms with van der Waals surface area (Å²) in [5.74, 6) is -1.07. The van der Waals surface area contributed by atoms with E-state index in [1.807, 2.05) is 12.1 Å². The highest BCUT2D eigenvalue weighted by molar-refractivity contribution is 6.33. The SMILES string of the molecule is CC(C)(C)c1ccc(C(=O)NCCC(=O)N2CCN(C(=O)c3ccc(F)cc3Cl)CC2)cc1. The molecule has 176 valence electrons. The fourth-order valence-electron chi connectivity index (χ4n) is 3.66.